The van der Waals surface area contributed by atoms with Gasteiger partial charge in [0.2, 0.25) is 0 Å². The third kappa shape index (κ3) is 2.61. The number of halogens is 1. The molecule has 0 aliphatic heterocycles. The van der Waals surface area contributed by atoms with Crippen LogP contribution < -0.4 is 0 Å². The van der Waals surface area contributed by atoms with Gasteiger partial charge in [-0.25, -0.2) is 4.98 Å². The highest BCUT2D eigenvalue weighted by Gasteiger charge is 2.07. The molecule has 1 heterocycles. The van der Waals surface area contributed by atoms with E-state index < -0.39 is 0 Å². The molecule has 0 unspecified atom stereocenters. The number of benzene rings is 1. The minimum atomic E-state index is -0.0301. The lowest BCUT2D eigenvalue weighted by Gasteiger charge is -2.02. The van der Waals surface area contributed by atoms with Gasteiger partial charge >= 0.3 is 0 Å². The Bertz CT molecular complexity index is 514. The summed E-state index contributed by atoms with van der Waals surface area (Å²) in [4.78, 5) is 16.2. The lowest BCUT2D eigenvalue weighted by molar-refractivity contribution is 0.101. The molecule has 0 saturated carbocycles. The topological polar surface area (TPSA) is 42.9 Å². The van der Waals surface area contributed by atoms with E-state index in [-0.39, 0.29) is 5.78 Å². The Hall–Kier alpha value is -0.910. The lowest BCUT2D eigenvalue weighted by atomic mass is 10.1. The number of Topliss-reactive ketones (excluding diaryl/α,β-unsaturated/α-hetero) is 1. The Morgan fingerprint density at radius 1 is 1.50 bits per heavy atom. The van der Waals surface area contributed by atoms with Crippen LogP contribution in [0.4, 0.5) is 0 Å². The van der Waals surface area contributed by atoms with Crippen molar-refractivity contribution in [1.82, 2.24) is 9.36 Å². The first kappa shape index (κ1) is 11.6. The molecule has 2 aromatic rings. The van der Waals surface area contributed by atoms with Crippen LogP contribution in [0.25, 0.3) is 0 Å². The van der Waals surface area contributed by atoms with E-state index in [9.17, 15) is 4.79 Å². The van der Waals surface area contributed by atoms with Crippen LogP contribution in [0.3, 0.4) is 0 Å². The van der Waals surface area contributed by atoms with Crippen molar-refractivity contribution in [2.75, 3.05) is 0 Å². The highest BCUT2D eigenvalue weighted by atomic mass is 35.5. The van der Waals surface area contributed by atoms with Crippen LogP contribution in [-0.2, 0) is 0 Å². The molecule has 0 bridgehead atoms. The van der Waals surface area contributed by atoms with Gasteiger partial charge in [-0.2, -0.15) is 4.37 Å². The van der Waals surface area contributed by atoms with E-state index in [4.69, 9.17) is 11.6 Å². The third-order valence-corrected chi connectivity index (χ3v) is 3.88. The quantitative estimate of drug-likeness (QED) is 0.800. The molecular formula is C10H7ClN2OS2. The van der Waals surface area contributed by atoms with E-state index >= 15 is 0 Å². The predicted molar refractivity (Wildman–Crippen MR) is 65.5 cm³/mol. The zero-order chi connectivity index (χ0) is 11.5. The van der Waals surface area contributed by atoms with E-state index in [0.717, 1.165) is 9.24 Å². The lowest BCUT2D eigenvalue weighted by Crippen LogP contribution is -1.92. The monoisotopic (exact) mass is 270 g/mol. The third-order valence-electron chi connectivity index (χ3n) is 1.87. The van der Waals surface area contributed by atoms with E-state index in [1.54, 1.807) is 12.1 Å². The molecule has 0 saturated heterocycles. The summed E-state index contributed by atoms with van der Waals surface area (Å²) in [6.07, 6.45) is 1.51. The standard InChI is InChI=1S/C10H7ClN2OS2/c1-6(14)8-3-2-7(4-9(8)11)15-10-12-5-13-16-10/h2-5H,1H3. The van der Waals surface area contributed by atoms with Gasteiger partial charge in [-0.3, -0.25) is 4.79 Å². The maximum absolute atomic E-state index is 11.2. The van der Waals surface area contributed by atoms with Crippen molar-refractivity contribution >= 4 is 40.7 Å². The zero-order valence-electron chi connectivity index (χ0n) is 8.31. The molecule has 0 aliphatic rings. The molecule has 0 N–H and O–H groups in total. The van der Waals surface area contributed by atoms with Gasteiger partial charge < -0.3 is 0 Å². The first-order valence-corrected chi connectivity index (χ1v) is 6.38. The van der Waals surface area contributed by atoms with Gasteiger partial charge in [-0.05, 0) is 36.7 Å². The molecule has 1 aromatic carbocycles. The van der Waals surface area contributed by atoms with Crippen molar-refractivity contribution in [2.45, 2.75) is 16.2 Å². The Morgan fingerprint density at radius 2 is 2.31 bits per heavy atom. The van der Waals surface area contributed by atoms with Gasteiger partial charge in [-0.15, -0.1) is 0 Å². The number of hydrogen-bond acceptors (Lipinski definition) is 5. The van der Waals surface area contributed by atoms with E-state index in [0.29, 0.717) is 10.6 Å². The molecule has 82 valence electrons. The minimum absolute atomic E-state index is 0.0301. The predicted octanol–water partition coefficient (Wildman–Crippen LogP) is 3.55. The first-order valence-electron chi connectivity index (χ1n) is 4.42. The Morgan fingerprint density at radius 3 is 2.88 bits per heavy atom. The highest BCUT2D eigenvalue weighted by Crippen LogP contribution is 2.31. The molecule has 0 radical (unpaired) electrons. The largest absolute Gasteiger partial charge is 0.294 e. The van der Waals surface area contributed by atoms with Crippen molar-refractivity contribution in [3.63, 3.8) is 0 Å². The summed E-state index contributed by atoms with van der Waals surface area (Å²) in [5.41, 5.74) is 0.545. The summed E-state index contributed by atoms with van der Waals surface area (Å²) < 4.78 is 4.76. The molecule has 0 fully saturated rings. The summed E-state index contributed by atoms with van der Waals surface area (Å²) >= 11 is 8.80. The first-order chi connectivity index (χ1) is 7.66. The number of carbonyl (C=O) groups excluding carboxylic acids is 1. The second-order valence-electron chi connectivity index (χ2n) is 3.01. The van der Waals surface area contributed by atoms with Crippen molar-refractivity contribution in [1.29, 1.82) is 0 Å². The average Bonchev–Trinajstić information content (AvgIpc) is 2.70. The fraction of sp³-hybridized carbons (Fsp3) is 0.100. The van der Waals surface area contributed by atoms with Crippen LogP contribution in [-0.4, -0.2) is 15.1 Å². The summed E-state index contributed by atoms with van der Waals surface area (Å²) in [7, 11) is 0. The number of hydrogen-bond donors (Lipinski definition) is 0. The molecule has 1 aromatic heterocycles. The molecule has 0 aliphatic carbocycles. The molecule has 2 rings (SSSR count). The maximum atomic E-state index is 11.2. The van der Waals surface area contributed by atoms with E-state index in [1.807, 2.05) is 6.07 Å². The summed E-state index contributed by atoms with van der Waals surface area (Å²) in [6, 6.07) is 5.35. The number of rotatable bonds is 3. The van der Waals surface area contributed by atoms with Crippen molar-refractivity contribution in [3.8, 4) is 0 Å². The second kappa shape index (κ2) is 4.95. The van der Waals surface area contributed by atoms with Crippen LogP contribution in [0.15, 0.2) is 33.8 Å². The fourth-order valence-electron chi connectivity index (χ4n) is 1.15. The van der Waals surface area contributed by atoms with Gasteiger partial charge in [0.05, 0.1) is 5.02 Å². The van der Waals surface area contributed by atoms with Gasteiger partial charge in [0.25, 0.3) is 0 Å². The smallest absolute Gasteiger partial charge is 0.174 e. The fourth-order valence-corrected chi connectivity index (χ4v) is 2.99. The average molecular weight is 271 g/mol. The molecule has 0 spiro atoms. The van der Waals surface area contributed by atoms with Crippen molar-refractivity contribution in [3.05, 3.63) is 35.1 Å². The second-order valence-corrected chi connectivity index (χ2v) is 5.52. The Balaban J connectivity index is 2.24. The molecular weight excluding hydrogens is 264 g/mol. The van der Waals surface area contributed by atoms with Gasteiger partial charge in [-0.1, -0.05) is 23.4 Å². The van der Waals surface area contributed by atoms with E-state index in [1.165, 1.54) is 36.5 Å². The molecule has 3 nitrogen and oxygen atoms in total. The number of nitrogens with zero attached hydrogens (tertiary/aromatic N) is 2. The number of aromatic nitrogens is 2. The van der Waals surface area contributed by atoms with Crippen LogP contribution in [0.2, 0.25) is 5.02 Å². The highest BCUT2D eigenvalue weighted by molar-refractivity contribution is 8.01. The minimum Gasteiger partial charge on any atom is -0.294 e. The van der Waals surface area contributed by atoms with Gasteiger partial charge in [0.1, 0.15) is 6.33 Å². The Kier molecular flexibility index (Phi) is 3.58. The summed E-state index contributed by atoms with van der Waals surface area (Å²) in [5.74, 6) is -0.0301. The normalized spacial score (nSPS) is 10.4. The maximum Gasteiger partial charge on any atom is 0.174 e. The molecule has 0 amide bonds. The Labute approximate surface area is 106 Å². The number of carbonyl (C=O) groups is 1. The van der Waals surface area contributed by atoms with Crippen LogP contribution in [0.1, 0.15) is 17.3 Å². The zero-order valence-corrected chi connectivity index (χ0v) is 10.7. The van der Waals surface area contributed by atoms with Crippen LogP contribution in [0, 0.1) is 0 Å². The van der Waals surface area contributed by atoms with Crippen molar-refractivity contribution < 1.29 is 4.79 Å². The van der Waals surface area contributed by atoms with Crippen molar-refractivity contribution in [2.24, 2.45) is 0 Å². The van der Waals surface area contributed by atoms with Crippen LogP contribution in [0.5, 0.6) is 0 Å². The van der Waals surface area contributed by atoms with E-state index in [2.05, 4.69) is 9.36 Å². The summed E-state index contributed by atoms with van der Waals surface area (Å²) in [5, 5.41) is 0.474. The summed E-state index contributed by atoms with van der Waals surface area (Å²) in [6.45, 7) is 1.50. The molecule has 0 atom stereocenters. The van der Waals surface area contributed by atoms with Crippen LogP contribution >= 0.6 is 34.9 Å². The molecule has 16 heavy (non-hydrogen) atoms. The molecule has 6 heteroatoms. The van der Waals surface area contributed by atoms with Gasteiger partial charge in [0.15, 0.2) is 10.1 Å². The van der Waals surface area contributed by atoms with Gasteiger partial charge in [0, 0.05) is 10.5 Å². The SMILES string of the molecule is CC(=O)c1ccc(Sc2ncns2)cc1Cl. The number of ketones is 1.